The highest BCUT2D eigenvalue weighted by Gasteiger charge is 2.34. The Bertz CT molecular complexity index is 375. The zero-order chi connectivity index (χ0) is 10.3. The quantitative estimate of drug-likeness (QED) is 0.681. The van der Waals surface area contributed by atoms with E-state index in [1.807, 2.05) is 6.07 Å². The average molecular weight is 205 g/mol. The minimum absolute atomic E-state index is 0.0191. The Morgan fingerprint density at radius 2 is 2.00 bits per heavy atom. The van der Waals surface area contributed by atoms with Crippen LogP contribution in [0.3, 0.4) is 0 Å². The van der Waals surface area contributed by atoms with E-state index in [1.54, 1.807) is 12.1 Å². The van der Waals surface area contributed by atoms with E-state index in [9.17, 15) is 4.39 Å². The average Bonchev–Trinajstić information content (AvgIpc) is 2.43. The summed E-state index contributed by atoms with van der Waals surface area (Å²) >= 11 is 0. The van der Waals surface area contributed by atoms with Crippen molar-refractivity contribution in [3.05, 3.63) is 29.6 Å². The smallest absolute Gasteiger partial charge is 0.128 e. The molecule has 0 aromatic heterocycles. The fourth-order valence-electron chi connectivity index (χ4n) is 3.07. The van der Waals surface area contributed by atoms with Gasteiger partial charge < -0.3 is 5.32 Å². The SMILES string of the molecule is Fc1cccc2c1C1CCCCCC1N2. The summed E-state index contributed by atoms with van der Waals surface area (Å²) in [6.07, 6.45) is 6.17. The molecule has 0 spiro atoms. The molecule has 1 N–H and O–H groups in total. The molecule has 2 unspecified atom stereocenters. The number of fused-ring (bicyclic) bond motifs is 3. The molecular weight excluding hydrogens is 189 g/mol. The topological polar surface area (TPSA) is 12.0 Å². The Kier molecular flexibility index (Phi) is 2.15. The Balaban J connectivity index is 2.02. The van der Waals surface area contributed by atoms with Gasteiger partial charge >= 0.3 is 0 Å². The van der Waals surface area contributed by atoms with Crippen LogP contribution in [0.5, 0.6) is 0 Å². The van der Waals surface area contributed by atoms with Crippen molar-refractivity contribution in [2.75, 3.05) is 5.32 Å². The van der Waals surface area contributed by atoms with Gasteiger partial charge in [0, 0.05) is 23.2 Å². The molecule has 3 rings (SSSR count). The van der Waals surface area contributed by atoms with Crippen molar-refractivity contribution in [1.29, 1.82) is 0 Å². The molecule has 1 aliphatic heterocycles. The summed E-state index contributed by atoms with van der Waals surface area (Å²) < 4.78 is 13.8. The molecule has 0 saturated heterocycles. The van der Waals surface area contributed by atoms with Crippen molar-refractivity contribution in [3.8, 4) is 0 Å². The lowest BCUT2D eigenvalue weighted by atomic mass is 9.91. The maximum absolute atomic E-state index is 13.8. The van der Waals surface area contributed by atoms with Crippen LogP contribution in [0.15, 0.2) is 18.2 Å². The maximum Gasteiger partial charge on any atom is 0.128 e. The number of halogens is 1. The lowest BCUT2D eigenvalue weighted by Gasteiger charge is -2.16. The summed E-state index contributed by atoms with van der Waals surface area (Å²) in [6, 6.07) is 5.88. The molecule has 2 aliphatic rings. The van der Waals surface area contributed by atoms with Gasteiger partial charge in [0.15, 0.2) is 0 Å². The minimum atomic E-state index is -0.0191. The van der Waals surface area contributed by atoms with E-state index >= 15 is 0 Å². The third-order valence-electron chi connectivity index (χ3n) is 3.78. The monoisotopic (exact) mass is 205 g/mol. The van der Waals surface area contributed by atoms with Crippen molar-refractivity contribution in [2.24, 2.45) is 0 Å². The van der Waals surface area contributed by atoms with Gasteiger partial charge in [0.2, 0.25) is 0 Å². The van der Waals surface area contributed by atoms with E-state index in [-0.39, 0.29) is 5.82 Å². The normalized spacial score (nSPS) is 28.9. The molecule has 1 aromatic carbocycles. The van der Waals surface area contributed by atoms with E-state index in [1.165, 1.54) is 25.7 Å². The first kappa shape index (κ1) is 9.20. The van der Waals surface area contributed by atoms with Crippen molar-refractivity contribution in [1.82, 2.24) is 0 Å². The van der Waals surface area contributed by atoms with Crippen LogP contribution in [0.1, 0.15) is 43.6 Å². The van der Waals surface area contributed by atoms with Gasteiger partial charge in [-0.25, -0.2) is 4.39 Å². The first-order chi connectivity index (χ1) is 7.36. The van der Waals surface area contributed by atoms with Crippen LogP contribution in [0.4, 0.5) is 10.1 Å². The van der Waals surface area contributed by atoms with Crippen LogP contribution >= 0.6 is 0 Å². The highest BCUT2D eigenvalue weighted by molar-refractivity contribution is 5.59. The Labute approximate surface area is 89.7 Å². The standard InChI is InChI=1S/C13H16FN/c14-10-6-4-8-12-13(10)9-5-2-1-3-7-11(9)15-12/h4,6,8-9,11,15H,1-3,5,7H2. The molecule has 1 aliphatic carbocycles. The summed E-state index contributed by atoms with van der Waals surface area (Å²) in [4.78, 5) is 0. The lowest BCUT2D eigenvalue weighted by molar-refractivity contribution is 0.528. The molecule has 2 atom stereocenters. The van der Waals surface area contributed by atoms with E-state index in [2.05, 4.69) is 5.32 Å². The molecule has 1 aromatic rings. The summed E-state index contributed by atoms with van der Waals surface area (Å²) in [5, 5.41) is 3.48. The summed E-state index contributed by atoms with van der Waals surface area (Å²) in [5.74, 6) is 0.401. The third kappa shape index (κ3) is 1.43. The van der Waals surface area contributed by atoms with Gasteiger partial charge in [-0.15, -0.1) is 0 Å². The Morgan fingerprint density at radius 3 is 2.93 bits per heavy atom. The molecule has 1 heterocycles. The summed E-state index contributed by atoms with van der Waals surface area (Å²) in [5.41, 5.74) is 1.98. The zero-order valence-corrected chi connectivity index (χ0v) is 8.80. The molecular formula is C13H16FN. The van der Waals surface area contributed by atoms with Gasteiger partial charge in [0.05, 0.1) is 0 Å². The fraction of sp³-hybridized carbons (Fsp3) is 0.538. The van der Waals surface area contributed by atoms with Crippen LogP contribution in [0, 0.1) is 5.82 Å². The second kappa shape index (κ2) is 3.51. The molecule has 1 fully saturated rings. The second-order valence-electron chi connectivity index (χ2n) is 4.70. The molecule has 0 bridgehead atoms. The van der Waals surface area contributed by atoms with Crippen molar-refractivity contribution >= 4 is 5.69 Å². The maximum atomic E-state index is 13.8. The van der Waals surface area contributed by atoms with Crippen LogP contribution < -0.4 is 5.32 Å². The number of rotatable bonds is 0. The highest BCUT2D eigenvalue weighted by Crippen LogP contribution is 2.43. The molecule has 80 valence electrons. The van der Waals surface area contributed by atoms with Crippen LogP contribution in [-0.2, 0) is 0 Å². The number of hydrogen-bond donors (Lipinski definition) is 1. The lowest BCUT2D eigenvalue weighted by Crippen LogP contribution is -2.18. The van der Waals surface area contributed by atoms with E-state index in [0.29, 0.717) is 12.0 Å². The highest BCUT2D eigenvalue weighted by atomic mass is 19.1. The minimum Gasteiger partial charge on any atom is -0.381 e. The van der Waals surface area contributed by atoms with Crippen LogP contribution in [-0.4, -0.2) is 6.04 Å². The summed E-state index contributed by atoms with van der Waals surface area (Å²) in [6.45, 7) is 0. The van der Waals surface area contributed by atoms with Crippen molar-refractivity contribution < 1.29 is 4.39 Å². The molecule has 1 nitrogen and oxygen atoms in total. The van der Waals surface area contributed by atoms with E-state index in [4.69, 9.17) is 0 Å². The number of nitrogens with one attached hydrogen (secondary N) is 1. The second-order valence-corrected chi connectivity index (χ2v) is 4.70. The number of anilines is 1. The first-order valence-electron chi connectivity index (χ1n) is 5.91. The third-order valence-corrected chi connectivity index (χ3v) is 3.78. The van der Waals surface area contributed by atoms with Gasteiger partial charge in [-0.1, -0.05) is 25.3 Å². The Hall–Kier alpha value is -1.05. The van der Waals surface area contributed by atoms with Crippen LogP contribution in [0.25, 0.3) is 0 Å². The molecule has 0 radical (unpaired) electrons. The van der Waals surface area contributed by atoms with Gasteiger partial charge in [0.25, 0.3) is 0 Å². The number of benzene rings is 1. The van der Waals surface area contributed by atoms with Gasteiger partial charge in [-0.05, 0) is 25.0 Å². The molecule has 1 saturated carbocycles. The predicted octanol–water partition coefficient (Wildman–Crippen LogP) is 3.67. The zero-order valence-electron chi connectivity index (χ0n) is 8.80. The van der Waals surface area contributed by atoms with E-state index < -0.39 is 0 Å². The van der Waals surface area contributed by atoms with Gasteiger partial charge in [-0.2, -0.15) is 0 Å². The molecule has 0 amide bonds. The number of hydrogen-bond acceptors (Lipinski definition) is 1. The first-order valence-corrected chi connectivity index (χ1v) is 5.91. The summed E-state index contributed by atoms with van der Waals surface area (Å²) in [7, 11) is 0. The largest absolute Gasteiger partial charge is 0.381 e. The Morgan fingerprint density at radius 1 is 1.13 bits per heavy atom. The molecule has 15 heavy (non-hydrogen) atoms. The van der Waals surface area contributed by atoms with Crippen molar-refractivity contribution in [3.63, 3.8) is 0 Å². The predicted molar refractivity (Wildman–Crippen MR) is 59.6 cm³/mol. The van der Waals surface area contributed by atoms with Crippen molar-refractivity contribution in [2.45, 2.75) is 44.1 Å². The molecule has 2 heteroatoms. The van der Waals surface area contributed by atoms with Gasteiger partial charge in [-0.3, -0.25) is 0 Å². The fourth-order valence-corrected chi connectivity index (χ4v) is 3.07. The van der Waals surface area contributed by atoms with E-state index in [0.717, 1.165) is 17.7 Å². The van der Waals surface area contributed by atoms with Gasteiger partial charge in [0.1, 0.15) is 5.82 Å². The van der Waals surface area contributed by atoms with Crippen LogP contribution in [0.2, 0.25) is 0 Å².